The Labute approximate surface area is 174 Å². The van der Waals surface area contributed by atoms with Gasteiger partial charge in [-0.15, -0.1) is 0 Å². The Morgan fingerprint density at radius 3 is 2.33 bits per heavy atom. The fourth-order valence-corrected chi connectivity index (χ4v) is 2.68. The lowest BCUT2D eigenvalue weighted by atomic mass is 10.2. The molecule has 0 aliphatic rings. The lowest BCUT2D eigenvalue weighted by Gasteiger charge is -2.12. The van der Waals surface area contributed by atoms with Gasteiger partial charge in [-0.05, 0) is 72.6 Å². The van der Waals surface area contributed by atoms with E-state index >= 15 is 0 Å². The SMILES string of the molecule is CCOc1cc(C=Nc2ccc(OC)cc2)ccc1OCc1ccc([N+](=O)[O-])cc1. The number of hydrogen-bond donors (Lipinski definition) is 0. The first-order chi connectivity index (χ1) is 14.6. The second-order valence-electron chi connectivity index (χ2n) is 6.31. The number of nitro benzene ring substituents is 1. The number of hydrogen-bond acceptors (Lipinski definition) is 6. The molecule has 0 N–H and O–H groups in total. The molecule has 7 nitrogen and oxygen atoms in total. The summed E-state index contributed by atoms with van der Waals surface area (Å²) in [5, 5.41) is 10.8. The van der Waals surface area contributed by atoms with Crippen LogP contribution in [-0.4, -0.2) is 24.9 Å². The van der Waals surface area contributed by atoms with Gasteiger partial charge < -0.3 is 14.2 Å². The van der Waals surface area contributed by atoms with Crippen molar-refractivity contribution in [3.63, 3.8) is 0 Å². The summed E-state index contributed by atoms with van der Waals surface area (Å²) >= 11 is 0. The van der Waals surface area contributed by atoms with E-state index in [0.717, 1.165) is 22.6 Å². The zero-order valence-corrected chi connectivity index (χ0v) is 16.8. The van der Waals surface area contributed by atoms with Gasteiger partial charge in [0.25, 0.3) is 5.69 Å². The standard InChI is InChI=1S/C23H22N2O5/c1-3-29-23-14-18(15-24-19-7-11-21(28-2)12-8-19)6-13-22(23)30-16-17-4-9-20(10-5-17)25(26)27/h4-15H,3,16H2,1-2H3. The van der Waals surface area contributed by atoms with Gasteiger partial charge in [0.05, 0.1) is 24.3 Å². The topological polar surface area (TPSA) is 83.2 Å². The number of nitrogens with zero attached hydrogens (tertiary/aromatic N) is 2. The average molecular weight is 406 g/mol. The van der Waals surface area contributed by atoms with Crippen LogP contribution in [-0.2, 0) is 6.61 Å². The first-order valence-electron chi connectivity index (χ1n) is 9.40. The summed E-state index contributed by atoms with van der Waals surface area (Å²) in [5.41, 5.74) is 2.56. The highest BCUT2D eigenvalue weighted by atomic mass is 16.6. The summed E-state index contributed by atoms with van der Waals surface area (Å²) in [5.74, 6) is 1.98. The van der Waals surface area contributed by atoms with Crippen LogP contribution in [0.2, 0.25) is 0 Å². The van der Waals surface area contributed by atoms with Crippen molar-refractivity contribution in [1.82, 2.24) is 0 Å². The molecule has 0 unspecified atom stereocenters. The molecule has 3 aromatic carbocycles. The Kier molecular flexibility index (Phi) is 7.00. The minimum Gasteiger partial charge on any atom is -0.497 e. The molecule has 30 heavy (non-hydrogen) atoms. The minimum atomic E-state index is -0.427. The molecule has 0 heterocycles. The van der Waals surface area contributed by atoms with Crippen molar-refractivity contribution in [2.24, 2.45) is 4.99 Å². The highest BCUT2D eigenvalue weighted by Crippen LogP contribution is 2.29. The van der Waals surface area contributed by atoms with E-state index in [2.05, 4.69) is 4.99 Å². The van der Waals surface area contributed by atoms with E-state index in [1.165, 1.54) is 12.1 Å². The summed E-state index contributed by atoms with van der Waals surface area (Å²) in [7, 11) is 1.62. The van der Waals surface area contributed by atoms with Gasteiger partial charge in [0.15, 0.2) is 11.5 Å². The van der Waals surface area contributed by atoms with E-state index in [1.807, 2.05) is 49.4 Å². The maximum Gasteiger partial charge on any atom is 0.269 e. The van der Waals surface area contributed by atoms with Crippen molar-refractivity contribution in [3.8, 4) is 17.2 Å². The summed E-state index contributed by atoms with van der Waals surface area (Å²) in [6.07, 6.45) is 1.75. The Hall–Kier alpha value is -3.87. The lowest BCUT2D eigenvalue weighted by Crippen LogP contribution is -2.00. The smallest absolute Gasteiger partial charge is 0.269 e. The third-order valence-corrected chi connectivity index (χ3v) is 4.24. The van der Waals surface area contributed by atoms with Gasteiger partial charge >= 0.3 is 0 Å². The van der Waals surface area contributed by atoms with Gasteiger partial charge in [0, 0.05) is 18.3 Å². The van der Waals surface area contributed by atoms with Crippen molar-refractivity contribution < 1.29 is 19.1 Å². The fraction of sp³-hybridized carbons (Fsp3) is 0.174. The van der Waals surface area contributed by atoms with Gasteiger partial charge in [-0.2, -0.15) is 0 Å². The van der Waals surface area contributed by atoms with E-state index in [0.29, 0.717) is 18.1 Å². The van der Waals surface area contributed by atoms with Gasteiger partial charge in [-0.25, -0.2) is 0 Å². The number of nitro groups is 1. The molecule has 0 amide bonds. The Bertz CT molecular complexity index is 1010. The van der Waals surface area contributed by atoms with Crippen LogP contribution in [0.1, 0.15) is 18.1 Å². The second-order valence-corrected chi connectivity index (χ2v) is 6.31. The Balaban J connectivity index is 1.70. The quantitative estimate of drug-likeness (QED) is 0.272. The zero-order valence-electron chi connectivity index (χ0n) is 16.8. The molecule has 0 radical (unpaired) electrons. The molecule has 0 fully saturated rings. The number of non-ortho nitro benzene ring substituents is 1. The summed E-state index contributed by atoms with van der Waals surface area (Å²) in [6.45, 7) is 2.67. The first kappa shape index (κ1) is 20.9. The van der Waals surface area contributed by atoms with Gasteiger partial charge in [-0.3, -0.25) is 15.1 Å². The van der Waals surface area contributed by atoms with Crippen LogP contribution >= 0.6 is 0 Å². The maximum absolute atomic E-state index is 10.8. The van der Waals surface area contributed by atoms with Crippen LogP contribution in [0, 0.1) is 10.1 Å². The minimum absolute atomic E-state index is 0.0502. The molecule has 3 aromatic rings. The normalized spacial score (nSPS) is 10.7. The molecule has 0 atom stereocenters. The van der Waals surface area contributed by atoms with Crippen molar-refractivity contribution in [2.45, 2.75) is 13.5 Å². The van der Waals surface area contributed by atoms with E-state index < -0.39 is 4.92 Å². The third-order valence-electron chi connectivity index (χ3n) is 4.24. The summed E-state index contributed by atoms with van der Waals surface area (Å²) in [4.78, 5) is 14.8. The first-order valence-corrected chi connectivity index (χ1v) is 9.40. The van der Waals surface area contributed by atoms with Crippen molar-refractivity contribution in [3.05, 3.63) is 88.0 Å². The Morgan fingerprint density at radius 2 is 1.70 bits per heavy atom. The number of benzene rings is 3. The van der Waals surface area contributed by atoms with E-state index in [-0.39, 0.29) is 12.3 Å². The molecule has 0 aliphatic heterocycles. The third kappa shape index (κ3) is 5.57. The summed E-state index contributed by atoms with van der Waals surface area (Å²) < 4.78 is 16.7. The molecule has 0 aliphatic carbocycles. The molecule has 0 spiro atoms. The predicted octanol–water partition coefficient (Wildman–Crippen LogP) is 5.33. The van der Waals surface area contributed by atoms with E-state index in [1.54, 1.807) is 25.5 Å². The van der Waals surface area contributed by atoms with E-state index in [9.17, 15) is 10.1 Å². The second kappa shape index (κ2) is 10.1. The molecule has 7 heteroatoms. The molecule has 0 saturated heterocycles. The van der Waals surface area contributed by atoms with Crippen LogP contribution in [0.3, 0.4) is 0 Å². The monoisotopic (exact) mass is 406 g/mol. The number of methoxy groups -OCH3 is 1. The van der Waals surface area contributed by atoms with Crippen molar-refractivity contribution >= 4 is 17.6 Å². The molecular formula is C23H22N2O5. The number of aliphatic imine (C=N–C) groups is 1. The highest BCUT2D eigenvalue weighted by Gasteiger charge is 2.08. The maximum atomic E-state index is 10.8. The van der Waals surface area contributed by atoms with Crippen LogP contribution in [0.5, 0.6) is 17.2 Å². The van der Waals surface area contributed by atoms with Crippen LogP contribution in [0.4, 0.5) is 11.4 Å². The van der Waals surface area contributed by atoms with Crippen LogP contribution < -0.4 is 14.2 Å². The summed E-state index contributed by atoms with van der Waals surface area (Å²) in [6, 6.07) is 19.3. The van der Waals surface area contributed by atoms with Crippen molar-refractivity contribution in [1.29, 1.82) is 0 Å². The van der Waals surface area contributed by atoms with Crippen LogP contribution in [0.25, 0.3) is 0 Å². The highest BCUT2D eigenvalue weighted by molar-refractivity contribution is 5.83. The van der Waals surface area contributed by atoms with Crippen molar-refractivity contribution in [2.75, 3.05) is 13.7 Å². The van der Waals surface area contributed by atoms with Crippen LogP contribution in [0.15, 0.2) is 71.7 Å². The van der Waals surface area contributed by atoms with Gasteiger partial charge in [0.2, 0.25) is 0 Å². The zero-order chi connectivity index (χ0) is 21.3. The lowest BCUT2D eigenvalue weighted by molar-refractivity contribution is -0.384. The number of rotatable bonds is 9. The Morgan fingerprint density at radius 1 is 0.967 bits per heavy atom. The van der Waals surface area contributed by atoms with Gasteiger partial charge in [-0.1, -0.05) is 0 Å². The molecule has 3 rings (SSSR count). The average Bonchev–Trinajstić information content (AvgIpc) is 2.78. The molecular weight excluding hydrogens is 384 g/mol. The van der Waals surface area contributed by atoms with E-state index in [4.69, 9.17) is 14.2 Å². The molecule has 0 bridgehead atoms. The fourth-order valence-electron chi connectivity index (χ4n) is 2.68. The molecule has 154 valence electrons. The largest absolute Gasteiger partial charge is 0.497 e. The number of ether oxygens (including phenoxy) is 3. The van der Waals surface area contributed by atoms with Gasteiger partial charge in [0.1, 0.15) is 12.4 Å². The predicted molar refractivity (Wildman–Crippen MR) is 115 cm³/mol. The molecule has 0 saturated carbocycles. The molecule has 0 aromatic heterocycles.